The maximum Gasteiger partial charge on any atom is 0.105 e. The minimum atomic E-state index is 0.206. The zero-order valence-corrected chi connectivity index (χ0v) is 6.22. The zero-order valence-electron chi connectivity index (χ0n) is 6.22. The summed E-state index contributed by atoms with van der Waals surface area (Å²) in [7, 11) is 0. The van der Waals surface area contributed by atoms with Crippen molar-refractivity contribution in [1.29, 1.82) is 0 Å². The monoisotopic (exact) mass is 143 g/mol. The van der Waals surface area contributed by atoms with E-state index in [1.54, 1.807) is 0 Å². The van der Waals surface area contributed by atoms with Crippen LogP contribution in [-0.4, -0.2) is 31.6 Å². The summed E-state index contributed by atoms with van der Waals surface area (Å²) in [5.74, 6) is 0. The van der Waals surface area contributed by atoms with E-state index < -0.39 is 0 Å². The summed E-state index contributed by atoms with van der Waals surface area (Å²) in [6.07, 6.45) is 1.30. The lowest BCUT2D eigenvalue weighted by molar-refractivity contribution is -0.147. The lowest BCUT2D eigenvalue weighted by Gasteiger charge is -2.47. The van der Waals surface area contributed by atoms with Crippen molar-refractivity contribution < 1.29 is 9.47 Å². The van der Waals surface area contributed by atoms with Crippen molar-refractivity contribution in [3.05, 3.63) is 0 Å². The van der Waals surface area contributed by atoms with Gasteiger partial charge in [0.05, 0.1) is 25.4 Å². The molecule has 1 unspecified atom stereocenters. The van der Waals surface area contributed by atoms with E-state index in [4.69, 9.17) is 9.47 Å². The fourth-order valence-corrected chi connectivity index (χ4v) is 1.55. The second-order valence-corrected chi connectivity index (χ2v) is 3.18. The Bertz CT molecular complexity index is 134. The van der Waals surface area contributed by atoms with Crippen molar-refractivity contribution in [3.63, 3.8) is 0 Å². The number of hydrogen-bond donors (Lipinski definition) is 1. The Morgan fingerprint density at radius 3 is 2.70 bits per heavy atom. The molecule has 0 saturated carbocycles. The van der Waals surface area contributed by atoms with E-state index in [9.17, 15) is 0 Å². The molecule has 2 heterocycles. The van der Waals surface area contributed by atoms with Gasteiger partial charge in [0, 0.05) is 0 Å². The van der Waals surface area contributed by atoms with Gasteiger partial charge in [0.15, 0.2) is 0 Å². The normalized spacial score (nSPS) is 37.5. The molecule has 1 N–H and O–H groups in total. The Labute approximate surface area is 60.7 Å². The summed E-state index contributed by atoms with van der Waals surface area (Å²) in [4.78, 5) is 0. The van der Waals surface area contributed by atoms with E-state index in [1.807, 2.05) is 6.92 Å². The predicted octanol–water partition coefficient (Wildman–Crippen LogP) is 0.111. The molecular weight excluding hydrogens is 130 g/mol. The smallest absolute Gasteiger partial charge is 0.105 e. The van der Waals surface area contributed by atoms with Crippen LogP contribution in [0.4, 0.5) is 0 Å². The largest absolute Gasteiger partial charge is 0.377 e. The maximum atomic E-state index is 5.34. The molecule has 2 fully saturated rings. The van der Waals surface area contributed by atoms with Crippen molar-refractivity contribution in [2.75, 3.05) is 19.8 Å². The van der Waals surface area contributed by atoms with Crippen molar-refractivity contribution in [2.24, 2.45) is 0 Å². The third kappa shape index (κ3) is 0.944. The molecule has 0 aromatic heterocycles. The van der Waals surface area contributed by atoms with Crippen molar-refractivity contribution >= 4 is 0 Å². The Kier molecular flexibility index (Phi) is 1.44. The molecule has 3 heteroatoms. The lowest BCUT2D eigenvalue weighted by Crippen LogP contribution is -2.66. The van der Waals surface area contributed by atoms with E-state index in [0.717, 1.165) is 26.2 Å². The summed E-state index contributed by atoms with van der Waals surface area (Å²) < 4.78 is 10.5. The van der Waals surface area contributed by atoms with Crippen LogP contribution in [0.15, 0.2) is 0 Å². The third-order valence-electron chi connectivity index (χ3n) is 2.21. The first kappa shape index (κ1) is 6.58. The van der Waals surface area contributed by atoms with Crippen LogP contribution in [0.3, 0.4) is 0 Å². The highest BCUT2D eigenvalue weighted by atomic mass is 16.5. The number of hydrogen-bond acceptors (Lipinski definition) is 3. The first-order chi connectivity index (χ1) is 4.81. The third-order valence-corrected chi connectivity index (χ3v) is 2.21. The van der Waals surface area contributed by atoms with E-state index >= 15 is 0 Å². The molecule has 0 aromatic carbocycles. The Morgan fingerprint density at radius 2 is 2.30 bits per heavy atom. The molecule has 2 aliphatic heterocycles. The molecule has 0 aliphatic carbocycles. The van der Waals surface area contributed by atoms with Gasteiger partial charge in [0.2, 0.25) is 0 Å². The zero-order chi connectivity index (χ0) is 7.03. The van der Waals surface area contributed by atoms with Crippen molar-refractivity contribution in [2.45, 2.75) is 25.1 Å². The van der Waals surface area contributed by atoms with Gasteiger partial charge in [0.25, 0.3) is 0 Å². The first-order valence-electron chi connectivity index (χ1n) is 3.78. The van der Waals surface area contributed by atoms with Crippen LogP contribution >= 0.6 is 0 Å². The van der Waals surface area contributed by atoms with Gasteiger partial charge in [-0.2, -0.15) is 0 Å². The molecule has 2 aliphatic rings. The van der Waals surface area contributed by atoms with Crippen molar-refractivity contribution in [1.82, 2.24) is 5.32 Å². The van der Waals surface area contributed by atoms with Crippen LogP contribution in [0, 0.1) is 0 Å². The standard InChI is InChI=1S/C7H13NO2/c1-6-8-7(2-3-10-6)4-9-5-7/h6,8H,2-5H2,1H3. The molecule has 1 spiro atoms. The summed E-state index contributed by atoms with van der Waals surface area (Å²) in [5, 5.41) is 3.38. The van der Waals surface area contributed by atoms with Crippen LogP contribution in [0.1, 0.15) is 13.3 Å². The predicted molar refractivity (Wildman–Crippen MR) is 36.7 cm³/mol. The molecule has 0 radical (unpaired) electrons. The molecular formula is C7H13NO2. The first-order valence-corrected chi connectivity index (χ1v) is 3.78. The molecule has 10 heavy (non-hydrogen) atoms. The maximum absolute atomic E-state index is 5.34. The summed E-state index contributed by atoms with van der Waals surface area (Å²) >= 11 is 0. The van der Waals surface area contributed by atoms with Crippen LogP contribution in [0.5, 0.6) is 0 Å². The quantitative estimate of drug-likeness (QED) is 0.522. The van der Waals surface area contributed by atoms with E-state index in [1.165, 1.54) is 0 Å². The number of nitrogens with one attached hydrogen (secondary N) is 1. The molecule has 2 saturated heterocycles. The SMILES string of the molecule is CC1NC2(CCO1)COC2. The average Bonchev–Trinajstić information content (AvgIpc) is 1.85. The average molecular weight is 143 g/mol. The van der Waals surface area contributed by atoms with E-state index in [0.29, 0.717) is 0 Å². The Balaban J connectivity index is 1.96. The topological polar surface area (TPSA) is 30.5 Å². The number of ether oxygens (including phenoxy) is 2. The van der Waals surface area contributed by atoms with Gasteiger partial charge >= 0.3 is 0 Å². The second kappa shape index (κ2) is 2.19. The van der Waals surface area contributed by atoms with Crippen LogP contribution in [-0.2, 0) is 9.47 Å². The van der Waals surface area contributed by atoms with Gasteiger partial charge in [-0.3, -0.25) is 5.32 Å². The molecule has 1 atom stereocenters. The second-order valence-electron chi connectivity index (χ2n) is 3.18. The molecule has 0 aromatic rings. The fraction of sp³-hybridized carbons (Fsp3) is 1.00. The Morgan fingerprint density at radius 1 is 1.50 bits per heavy atom. The number of rotatable bonds is 0. The molecule has 2 rings (SSSR count). The fourth-order valence-electron chi connectivity index (χ4n) is 1.55. The summed E-state index contributed by atoms with van der Waals surface area (Å²) in [6, 6.07) is 0. The lowest BCUT2D eigenvalue weighted by atomic mass is 9.92. The molecule has 3 nitrogen and oxygen atoms in total. The highest BCUT2D eigenvalue weighted by Crippen LogP contribution is 2.24. The molecule has 0 bridgehead atoms. The van der Waals surface area contributed by atoms with Gasteiger partial charge in [-0.25, -0.2) is 0 Å². The minimum absolute atomic E-state index is 0.206. The minimum Gasteiger partial charge on any atom is -0.377 e. The van der Waals surface area contributed by atoms with Gasteiger partial charge in [-0.1, -0.05) is 0 Å². The van der Waals surface area contributed by atoms with Crippen LogP contribution < -0.4 is 5.32 Å². The van der Waals surface area contributed by atoms with E-state index in [2.05, 4.69) is 5.32 Å². The van der Waals surface area contributed by atoms with Gasteiger partial charge in [0.1, 0.15) is 6.23 Å². The molecule has 0 amide bonds. The van der Waals surface area contributed by atoms with Gasteiger partial charge in [-0.15, -0.1) is 0 Å². The van der Waals surface area contributed by atoms with E-state index in [-0.39, 0.29) is 11.8 Å². The van der Waals surface area contributed by atoms with Gasteiger partial charge < -0.3 is 9.47 Å². The van der Waals surface area contributed by atoms with Crippen LogP contribution in [0.25, 0.3) is 0 Å². The molecule has 58 valence electrons. The van der Waals surface area contributed by atoms with Crippen LogP contribution in [0.2, 0.25) is 0 Å². The highest BCUT2D eigenvalue weighted by molar-refractivity contribution is 4.96. The summed E-state index contributed by atoms with van der Waals surface area (Å²) in [6.45, 7) is 4.64. The van der Waals surface area contributed by atoms with Crippen molar-refractivity contribution in [3.8, 4) is 0 Å². The Hall–Kier alpha value is -0.120. The highest BCUT2D eigenvalue weighted by Gasteiger charge is 2.41. The summed E-state index contributed by atoms with van der Waals surface area (Å²) in [5.41, 5.74) is 0.275. The van der Waals surface area contributed by atoms with Gasteiger partial charge in [-0.05, 0) is 13.3 Å².